The summed E-state index contributed by atoms with van der Waals surface area (Å²) in [6.07, 6.45) is 0. The molecule has 2 N–H and O–H groups in total. The maximum atomic E-state index is 5.90. The Morgan fingerprint density at radius 2 is 1.92 bits per heavy atom. The monoisotopic (exact) mass is 384 g/mol. The van der Waals surface area contributed by atoms with Crippen LogP contribution in [0.2, 0.25) is 5.02 Å². The molecule has 1 aliphatic rings. The van der Waals surface area contributed by atoms with Crippen LogP contribution in [0, 0.1) is 0 Å². The van der Waals surface area contributed by atoms with Crippen molar-refractivity contribution in [3.8, 4) is 0 Å². The number of hydrogen-bond donors (Lipinski definition) is 2. The zero-order valence-corrected chi connectivity index (χ0v) is 16.9. The summed E-state index contributed by atoms with van der Waals surface area (Å²) >= 11 is 7.71. The second kappa shape index (κ2) is 10.3. The highest BCUT2D eigenvalue weighted by Gasteiger charge is 2.28. The smallest absolute Gasteiger partial charge is 0.191 e. The third kappa shape index (κ3) is 7.05. The molecule has 0 aliphatic carbocycles. The summed E-state index contributed by atoms with van der Waals surface area (Å²) in [7, 11) is 1.81. The molecule has 7 heteroatoms. The molecule has 0 amide bonds. The maximum absolute atomic E-state index is 5.90. The van der Waals surface area contributed by atoms with Crippen molar-refractivity contribution >= 4 is 29.3 Å². The molecule has 0 unspecified atom stereocenters. The van der Waals surface area contributed by atoms with Gasteiger partial charge in [0.25, 0.3) is 0 Å². The van der Waals surface area contributed by atoms with Crippen molar-refractivity contribution in [1.29, 1.82) is 0 Å². The Kier molecular flexibility index (Phi) is 8.36. The number of nitrogens with zero attached hydrogens (tertiary/aromatic N) is 2. The van der Waals surface area contributed by atoms with Gasteiger partial charge in [-0.25, -0.2) is 0 Å². The Labute approximate surface area is 160 Å². The lowest BCUT2D eigenvalue weighted by Gasteiger charge is -2.41. The van der Waals surface area contributed by atoms with Crippen LogP contribution in [0.25, 0.3) is 0 Å². The van der Waals surface area contributed by atoms with E-state index in [4.69, 9.17) is 16.3 Å². The molecule has 1 aromatic rings. The van der Waals surface area contributed by atoms with Gasteiger partial charge in [0.15, 0.2) is 5.96 Å². The van der Waals surface area contributed by atoms with Crippen LogP contribution in [0.1, 0.15) is 13.8 Å². The molecule has 1 fully saturated rings. The molecule has 0 aromatic heterocycles. The van der Waals surface area contributed by atoms with Crippen LogP contribution in [0.5, 0.6) is 0 Å². The predicted molar refractivity (Wildman–Crippen MR) is 108 cm³/mol. The summed E-state index contributed by atoms with van der Waals surface area (Å²) in [5, 5.41) is 7.59. The minimum absolute atomic E-state index is 0.0689. The van der Waals surface area contributed by atoms with E-state index < -0.39 is 0 Å². The molecule has 25 heavy (non-hydrogen) atoms. The Morgan fingerprint density at radius 3 is 2.56 bits per heavy atom. The van der Waals surface area contributed by atoms with Gasteiger partial charge in [-0.3, -0.25) is 9.89 Å². The van der Waals surface area contributed by atoms with Crippen molar-refractivity contribution in [2.45, 2.75) is 24.3 Å². The lowest BCUT2D eigenvalue weighted by molar-refractivity contribution is -0.00833. The van der Waals surface area contributed by atoms with E-state index in [1.165, 1.54) is 4.90 Å². The van der Waals surface area contributed by atoms with Gasteiger partial charge in [-0.2, -0.15) is 0 Å². The van der Waals surface area contributed by atoms with Crippen molar-refractivity contribution in [2.75, 3.05) is 52.2 Å². The fourth-order valence-corrected chi connectivity index (χ4v) is 3.56. The minimum atomic E-state index is 0.0689. The first kappa shape index (κ1) is 20.4. The first-order valence-corrected chi connectivity index (χ1v) is 10.0. The Bertz CT molecular complexity index is 545. The van der Waals surface area contributed by atoms with Crippen molar-refractivity contribution in [3.63, 3.8) is 0 Å². The van der Waals surface area contributed by atoms with Crippen molar-refractivity contribution in [1.82, 2.24) is 15.5 Å². The summed E-state index contributed by atoms with van der Waals surface area (Å²) in [6, 6.07) is 7.94. The highest BCUT2D eigenvalue weighted by Crippen LogP contribution is 2.19. The second-order valence-corrected chi connectivity index (χ2v) is 8.17. The highest BCUT2D eigenvalue weighted by molar-refractivity contribution is 7.99. The minimum Gasteiger partial charge on any atom is -0.379 e. The van der Waals surface area contributed by atoms with Crippen LogP contribution in [-0.2, 0) is 4.74 Å². The van der Waals surface area contributed by atoms with E-state index in [0.717, 1.165) is 56.1 Å². The summed E-state index contributed by atoms with van der Waals surface area (Å²) in [4.78, 5) is 8.01. The van der Waals surface area contributed by atoms with Crippen molar-refractivity contribution < 1.29 is 4.74 Å². The number of hydrogen-bond acceptors (Lipinski definition) is 4. The number of aliphatic imine (C=N–C) groups is 1. The summed E-state index contributed by atoms with van der Waals surface area (Å²) < 4.78 is 5.44. The summed E-state index contributed by atoms with van der Waals surface area (Å²) in [5.74, 6) is 1.81. The van der Waals surface area contributed by atoms with Gasteiger partial charge in [-0.15, -0.1) is 11.8 Å². The van der Waals surface area contributed by atoms with Crippen molar-refractivity contribution in [2.24, 2.45) is 4.99 Å². The van der Waals surface area contributed by atoms with Crippen LogP contribution in [0.15, 0.2) is 34.2 Å². The Balaban J connectivity index is 1.68. The van der Waals surface area contributed by atoms with E-state index in [2.05, 4.69) is 34.4 Å². The number of nitrogens with one attached hydrogen (secondary N) is 2. The van der Waals surface area contributed by atoms with Gasteiger partial charge in [0.2, 0.25) is 0 Å². The molecule has 5 nitrogen and oxygen atoms in total. The van der Waals surface area contributed by atoms with Gasteiger partial charge in [0, 0.05) is 54.4 Å². The molecule has 1 saturated heterocycles. The third-order valence-corrected chi connectivity index (χ3v) is 5.52. The second-order valence-electron chi connectivity index (χ2n) is 6.57. The average Bonchev–Trinajstić information content (AvgIpc) is 2.63. The Morgan fingerprint density at radius 1 is 1.24 bits per heavy atom. The lowest BCUT2D eigenvalue weighted by Crippen LogP contribution is -2.56. The van der Waals surface area contributed by atoms with Gasteiger partial charge in [-0.05, 0) is 38.1 Å². The van der Waals surface area contributed by atoms with Crippen LogP contribution in [-0.4, -0.2) is 68.6 Å². The number of thioether (sulfide) groups is 1. The lowest BCUT2D eigenvalue weighted by atomic mass is 10.0. The van der Waals surface area contributed by atoms with E-state index in [1.54, 1.807) is 11.8 Å². The molecule has 1 heterocycles. The predicted octanol–water partition coefficient (Wildman–Crippen LogP) is 2.71. The van der Waals surface area contributed by atoms with E-state index in [-0.39, 0.29) is 5.54 Å². The van der Waals surface area contributed by atoms with Gasteiger partial charge in [-0.1, -0.05) is 11.6 Å². The Hall–Kier alpha value is -0.950. The molecule has 2 rings (SSSR count). The van der Waals surface area contributed by atoms with Crippen LogP contribution < -0.4 is 10.6 Å². The molecule has 0 saturated carbocycles. The number of guanidine groups is 1. The molecular weight excluding hydrogens is 356 g/mol. The zero-order chi connectivity index (χ0) is 18.1. The van der Waals surface area contributed by atoms with Crippen LogP contribution in [0.3, 0.4) is 0 Å². The van der Waals surface area contributed by atoms with E-state index in [0.29, 0.717) is 0 Å². The SMILES string of the molecule is CN=C(NCCSc1ccc(Cl)cc1)NCC(C)(C)N1CCOCC1. The molecule has 0 radical (unpaired) electrons. The quantitative estimate of drug-likeness (QED) is 0.327. The van der Waals surface area contributed by atoms with E-state index in [1.807, 2.05) is 31.3 Å². The van der Waals surface area contributed by atoms with E-state index >= 15 is 0 Å². The van der Waals surface area contributed by atoms with Gasteiger partial charge in [0.05, 0.1) is 13.2 Å². The molecule has 140 valence electrons. The number of halogens is 1. The van der Waals surface area contributed by atoms with Crippen molar-refractivity contribution in [3.05, 3.63) is 29.3 Å². The number of ether oxygens (including phenoxy) is 1. The molecule has 0 spiro atoms. The average molecular weight is 385 g/mol. The van der Waals surface area contributed by atoms with Crippen LogP contribution >= 0.6 is 23.4 Å². The molecule has 1 aromatic carbocycles. The zero-order valence-electron chi connectivity index (χ0n) is 15.3. The standard InChI is InChI=1S/C18H29ClN4OS/c1-18(2,23-9-11-24-12-10-23)14-22-17(20-3)21-8-13-25-16-6-4-15(19)5-7-16/h4-7H,8-14H2,1-3H3,(H2,20,21,22). The first-order valence-electron chi connectivity index (χ1n) is 8.67. The molecular formula is C18H29ClN4OS. The summed E-state index contributed by atoms with van der Waals surface area (Å²) in [6.45, 7) is 9.82. The maximum Gasteiger partial charge on any atom is 0.191 e. The van der Waals surface area contributed by atoms with Gasteiger partial charge >= 0.3 is 0 Å². The van der Waals surface area contributed by atoms with Crippen LogP contribution in [0.4, 0.5) is 0 Å². The number of benzene rings is 1. The molecule has 1 aliphatic heterocycles. The third-order valence-electron chi connectivity index (χ3n) is 4.26. The largest absolute Gasteiger partial charge is 0.379 e. The fourth-order valence-electron chi connectivity index (χ4n) is 2.67. The number of morpholine rings is 1. The van der Waals surface area contributed by atoms with Gasteiger partial charge in [0.1, 0.15) is 0 Å². The highest BCUT2D eigenvalue weighted by atomic mass is 35.5. The molecule has 0 bridgehead atoms. The van der Waals surface area contributed by atoms with E-state index in [9.17, 15) is 0 Å². The topological polar surface area (TPSA) is 48.9 Å². The van der Waals surface area contributed by atoms with Gasteiger partial charge < -0.3 is 15.4 Å². The normalized spacial score (nSPS) is 16.7. The first-order chi connectivity index (χ1) is 12.0. The summed E-state index contributed by atoms with van der Waals surface area (Å²) in [5.41, 5.74) is 0.0689. The molecule has 0 atom stereocenters. The fraction of sp³-hybridized carbons (Fsp3) is 0.611. The number of rotatable bonds is 7.